The first-order valence-electron chi connectivity index (χ1n) is 14.9. The maximum absolute atomic E-state index is 14.4. The summed E-state index contributed by atoms with van der Waals surface area (Å²) in [5.74, 6) is 0.521. The Labute approximate surface area is 259 Å². The molecule has 3 aromatic carbocycles. The highest BCUT2D eigenvalue weighted by atomic mass is 32.2. The van der Waals surface area contributed by atoms with Gasteiger partial charge in [-0.1, -0.05) is 55.3 Å². The van der Waals surface area contributed by atoms with E-state index in [0.717, 1.165) is 41.1 Å². The predicted octanol–water partition coefficient (Wildman–Crippen LogP) is 4.28. The van der Waals surface area contributed by atoms with Crippen LogP contribution in [-0.2, 0) is 32.6 Å². The van der Waals surface area contributed by atoms with E-state index in [9.17, 15) is 18.0 Å². The van der Waals surface area contributed by atoms with E-state index in [2.05, 4.69) is 5.32 Å². The van der Waals surface area contributed by atoms with Crippen molar-refractivity contribution in [3.8, 4) is 17.2 Å². The fraction of sp³-hybridized carbons (Fsp3) is 0.394. The molecular formula is C33H39N3O7S. The SMILES string of the molecule is CCS(=O)(=O)N(CC(=O)N(Cc1cccc(OC)c1)[C@H](Cc1ccccc1)C(=O)NC1CCCC1)c1ccc2c(c1)OCO2. The number of nitrogens with zero attached hydrogens (tertiary/aromatic N) is 2. The van der Waals surface area contributed by atoms with E-state index >= 15 is 0 Å². The molecule has 2 amide bonds. The number of sulfonamides is 1. The van der Waals surface area contributed by atoms with Crippen molar-refractivity contribution < 1.29 is 32.2 Å². The molecule has 0 aromatic heterocycles. The molecule has 10 nitrogen and oxygen atoms in total. The van der Waals surface area contributed by atoms with Crippen molar-refractivity contribution in [2.45, 2.75) is 57.7 Å². The van der Waals surface area contributed by atoms with E-state index in [1.165, 1.54) is 11.8 Å². The van der Waals surface area contributed by atoms with E-state index in [1.54, 1.807) is 31.4 Å². The van der Waals surface area contributed by atoms with E-state index in [0.29, 0.717) is 17.2 Å². The van der Waals surface area contributed by atoms with Gasteiger partial charge in [0.05, 0.1) is 18.6 Å². The van der Waals surface area contributed by atoms with Crippen molar-refractivity contribution in [2.24, 2.45) is 0 Å². The quantitative estimate of drug-likeness (QED) is 0.303. The molecule has 0 bridgehead atoms. The van der Waals surface area contributed by atoms with Gasteiger partial charge in [0, 0.05) is 25.1 Å². The Kier molecular flexibility index (Phi) is 9.94. The number of fused-ring (bicyclic) bond motifs is 1. The van der Waals surface area contributed by atoms with Crippen LogP contribution in [0.4, 0.5) is 5.69 Å². The summed E-state index contributed by atoms with van der Waals surface area (Å²) in [5, 5.41) is 3.18. The Morgan fingerprint density at radius 1 is 0.955 bits per heavy atom. The molecule has 0 unspecified atom stereocenters. The van der Waals surface area contributed by atoms with E-state index in [-0.39, 0.29) is 43.1 Å². The van der Waals surface area contributed by atoms with Crippen LogP contribution >= 0.6 is 0 Å². The van der Waals surface area contributed by atoms with Gasteiger partial charge in [0.1, 0.15) is 18.3 Å². The van der Waals surface area contributed by atoms with Crippen LogP contribution in [0, 0.1) is 0 Å². The second kappa shape index (κ2) is 14.0. The lowest BCUT2D eigenvalue weighted by Gasteiger charge is -2.34. The Balaban J connectivity index is 1.53. The van der Waals surface area contributed by atoms with Crippen LogP contribution in [0.5, 0.6) is 17.2 Å². The van der Waals surface area contributed by atoms with Crippen LogP contribution in [0.2, 0.25) is 0 Å². The van der Waals surface area contributed by atoms with Crippen LogP contribution in [0.25, 0.3) is 0 Å². The molecule has 234 valence electrons. The summed E-state index contributed by atoms with van der Waals surface area (Å²) in [6.07, 6.45) is 4.13. The first-order chi connectivity index (χ1) is 21.3. The topological polar surface area (TPSA) is 114 Å². The van der Waals surface area contributed by atoms with E-state index in [4.69, 9.17) is 14.2 Å². The largest absolute Gasteiger partial charge is 0.497 e. The third kappa shape index (κ3) is 7.45. The monoisotopic (exact) mass is 621 g/mol. The number of benzene rings is 3. The zero-order chi connectivity index (χ0) is 31.1. The molecule has 0 saturated heterocycles. The average Bonchev–Trinajstić information content (AvgIpc) is 3.74. The number of hydrogen-bond donors (Lipinski definition) is 1. The van der Waals surface area contributed by atoms with Crippen molar-refractivity contribution in [2.75, 3.05) is 30.5 Å². The van der Waals surface area contributed by atoms with Crippen LogP contribution in [-0.4, -0.2) is 63.4 Å². The minimum Gasteiger partial charge on any atom is -0.497 e. The van der Waals surface area contributed by atoms with Gasteiger partial charge in [0.25, 0.3) is 0 Å². The van der Waals surface area contributed by atoms with E-state index in [1.807, 2.05) is 48.5 Å². The second-order valence-electron chi connectivity index (χ2n) is 11.0. The van der Waals surface area contributed by atoms with Crippen LogP contribution in [0.1, 0.15) is 43.7 Å². The summed E-state index contributed by atoms with van der Waals surface area (Å²) < 4.78 is 44.2. The standard InChI is InChI=1S/C33H39N3O7S/c1-3-44(39,40)36(27-16-17-30-31(20-27)43-23-42-30)22-32(37)35(21-25-12-9-15-28(18-25)41-2)29(19-24-10-5-4-6-11-24)33(38)34-26-13-7-8-14-26/h4-6,9-12,15-18,20,26,29H,3,7-8,13-14,19,21-23H2,1-2H3,(H,34,38)/t29-/m1/s1. The van der Waals surface area contributed by atoms with Gasteiger partial charge in [-0.3, -0.25) is 13.9 Å². The minimum absolute atomic E-state index is 0.0316. The summed E-state index contributed by atoms with van der Waals surface area (Å²) in [4.78, 5) is 29.9. The summed E-state index contributed by atoms with van der Waals surface area (Å²) >= 11 is 0. The maximum Gasteiger partial charge on any atom is 0.244 e. The van der Waals surface area contributed by atoms with Gasteiger partial charge in [-0.15, -0.1) is 0 Å². The number of hydrogen-bond acceptors (Lipinski definition) is 7. The van der Waals surface area contributed by atoms with Crippen LogP contribution in [0.15, 0.2) is 72.8 Å². The average molecular weight is 622 g/mol. The Hall–Kier alpha value is -4.25. The normalized spacial score (nSPS) is 15.0. The smallest absolute Gasteiger partial charge is 0.244 e. The number of nitrogens with one attached hydrogen (secondary N) is 1. The third-order valence-electron chi connectivity index (χ3n) is 8.08. The fourth-order valence-corrected chi connectivity index (χ4v) is 6.70. The number of carbonyl (C=O) groups is 2. The second-order valence-corrected chi connectivity index (χ2v) is 13.2. The number of carbonyl (C=O) groups excluding carboxylic acids is 2. The van der Waals surface area contributed by atoms with Crippen molar-refractivity contribution in [3.05, 3.63) is 83.9 Å². The van der Waals surface area contributed by atoms with Crippen molar-refractivity contribution >= 4 is 27.5 Å². The fourth-order valence-electron chi connectivity index (χ4n) is 5.65. The molecule has 2 aliphatic rings. The Bertz CT molecular complexity index is 1560. The summed E-state index contributed by atoms with van der Waals surface area (Å²) in [7, 11) is -2.33. The van der Waals surface area contributed by atoms with Gasteiger partial charge < -0.3 is 24.4 Å². The van der Waals surface area contributed by atoms with E-state index < -0.39 is 28.5 Å². The molecule has 5 rings (SSSR count). The molecule has 1 aliphatic carbocycles. The predicted molar refractivity (Wildman–Crippen MR) is 167 cm³/mol. The zero-order valence-corrected chi connectivity index (χ0v) is 25.9. The van der Waals surface area contributed by atoms with Crippen LogP contribution < -0.4 is 23.8 Å². The number of amides is 2. The van der Waals surface area contributed by atoms with Gasteiger partial charge >= 0.3 is 0 Å². The first kappa shape index (κ1) is 31.2. The number of anilines is 1. The molecule has 1 heterocycles. The van der Waals surface area contributed by atoms with Gasteiger partial charge in [0.2, 0.25) is 28.6 Å². The number of ether oxygens (including phenoxy) is 3. The van der Waals surface area contributed by atoms with Gasteiger partial charge in [0.15, 0.2) is 11.5 Å². The number of methoxy groups -OCH3 is 1. The highest BCUT2D eigenvalue weighted by Gasteiger charge is 2.35. The molecule has 3 aromatic rings. The highest BCUT2D eigenvalue weighted by Crippen LogP contribution is 2.36. The summed E-state index contributed by atoms with van der Waals surface area (Å²) in [6, 6.07) is 20.8. The van der Waals surface area contributed by atoms with Crippen molar-refractivity contribution in [3.63, 3.8) is 0 Å². The minimum atomic E-state index is -3.90. The molecule has 11 heteroatoms. The molecule has 1 atom stereocenters. The van der Waals surface area contributed by atoms with Crippen molar-refractivity contribution in [1.82, 2.24) is 10.2 Å². The summed E-state index contributed by atoms with van der Waals surface area (Å²) in [5.41, 5.74) is 1.91. The maximum atomic E-state index is 14.4. The molecule has 44 heavy (non-hydrogen) atoms. The number of rotatable bonds is 13. The molecular weight excluding hydrogens is 582 g/mol. The Morgan fingerprint density at radius 3 is 2.41 bits per heavy atom. The molecule has 1 aliphatic heterocycles. The van der Waals surface area contributed by atoms with Gasteiger partial charge in [-0.2, -0.15) is 0 Å². The van der Waals surface area contributed by atoms with Gasteiger partial charge in [-0.25, -0.2) is 8.42 Å². The zero-order valence-electron chi connectivity index (χ0n) is 25.1. The first-order valence-corrected chi connectivity index (χ1v) is 16.5. The molecule has 0 spiro atoms. The lowest BCUT2D eigenvalue weighted by molar-refractivity contribution is -0.140. The molecule has 0 radical (unpaired) electrons. The third-order valence-corrected chi connectivity index (χ3v) is 9.82. The van der Waals surface area contributed by atoms with Crippen molar-refractivity contribution in [1.29, 1.82) is 0 Å². The molecule has 1 fully saturated rings. The lowest BCUT2D eigenvalue weighted by Crippen LogP contribution is -2.54. The lowest BCUT2D eigenvalue weighted by atomic mass is 10.0. The molecule has 1 saturated carbocycles. The molecule has 1 N–H and O–H groups in total. The van der Waals surface area contributed by atoms with Gasteiger partial charge in [-0.05, 0) is 55.2 Å². The Morgan fingerprint density at radius 2 is 1.68 bits per heavy atom. The highest BCUT2D eigenvalue weighted by molar-refractivity contribution is 7.92. The summed E-state index contributed by atoms with van der Waals surface area (Å²) in [6.45, 7) is 1.14. The van der Waals surface area contributed by atoms with Crippen LogP contribution in [0.3, 0.4) is 0 Å².